The SMILES string of the molecule is CC1(C)CCN(C(=O)C2CC3CCCCC3N2)C1.Cl. The minimum Gasteiger partial charge on any atom is -0.341 e. The lowest BCUT2D eigenvalue weighted by molar-refractivity contribution is -0.132. The van der Waals surface area contributed by atoms with Crippen LogP contribution >= 0.6 is 12.4 Å². The van der Waals surface area contributed by atoms with Crippen molar-refractivity contribution in [2.45, 2.75) is 64.5 Å². The molecule has 2 aliphatic heterocycles. The van der Waals surface area contributed by atoms with Gasteiger partial charge in [-0.15, -0.1) is 12.4 Å². The van der Waals surface area contributed by atoms with Gasteiger partial charge < -0.3 is 10.2 Å². The molecular formula is C15H27ClN2O. The summed E-state index contributed by atoms with van der Waals surface area (Å²) >= 11 is 0. The lowest BCUT2D eigenvalue weighted by Crippen LogP contribution is -2.45. The standard InChI is InChI=1S/C15H26N2O.ClH/c1-15(2)7-8-17(10-15)14(18)13-9-11-5-3-4-6-12(11)16-13;/h11-13,16H,3-10H2,1-2H3;1H. The molecular weight excluding hydrogens is 260 g/mol. The summed E-state index contributed by atoms with van der Waals surface area (Å²) in [6.07, 6.45) is 7.54. The molecule has 3 rings (SSSR count). The summed E-state index contributed by atoms with van der Waals surface area (Å²) in [5.74, 6) is 1.14. The first kappa shape index (κ1) is 15.1. The number of fused-ring (bicyclic) bond motifs is 1. The van der Waals surface area contributed by atoms with Crippen molar-refractivity contribution >= 4 is 18.3 Å². The van der Waals surface area contributed by atoms with E-state index < -0.39 is 0 Å². The van der Waals surface area contributed by atoms with Gasteiger partial charge in [0, 0.05) is 19.1 Å². The van der Waals surface area contributed by atoms with E-state index in [9.17, 15) is 4.79 Å². The molecule has 0 aromatic heterocycles. The third-order valence-corrected chi connectivity index (χ3v) is 5.15. The molecule has 1 N–H and O–H groups in total. The summed E-state index contributed by atoms with van der Waals surface area (Å²) in [6, 6.07) is 0.746. The number of nitrogens with one attached hydrogen (secondary N) is 1. The van der Waals surface area contributed by atoms with Gasteiger partial charge in [0.25, 0.3) is 0 Å². The second-order valence-corrected chi connectivity index (χ2v) is 7.28. The third-order valence-electron chi connectivity index (χ3n) is 5.15. The van der Waals surface area contributed by atoms with Gasteiger partial charge in [0.05, 0.1) is 6.04 Å². The van der Waals surface area contributed by atoms with Crippen molar-refractivity contribution in [2.24, 2.45) is 11.3 Å². The van der Waals surface area contributed by atoms with Crippen LogP contribution in [0.1, 0.15) is 52.4 Å². The van der Waals surface area contributed by atoms with Crippen LogP contribution in [0.25, 0.3) is 0 Å². The van der Waals surface area contributed by atoms with Crippen molar-refractivity contribution in [3.8, 4) is 0 Å². The number of carbonyl (C=O) groups is 1. The molecule has 0 aromatic carbocycles. The van der Waals surface area contributed by atoms with E-state index in [2.05, 4.69) is 24.1 Å². The zero-order valence-electron chi connectivity index (χ0n) is 12.2. The van der Waals surface area contributed by atoms with Crippen LogP contribution in [0.15, 0.2) is 0 Å². The number of halogens is 1. The van der Waals surface area contributed by atoms with Crippen LogP contribution in [0.5, 0.6) is 0 Å². The molecule has 3 nitrogen and oxygen atoms in total. The molecule has 0 radical (unpaired) electrons. The first-order valence-electron chi connectivity index (χ1n) is 7.60. The molecule has 2 saturated heterocycles. The number of amides is 1. The lowest BCUT2D eigenvalue weighted by Gasteiger charge is -2.24. The molecule has 2 heterocycles. The van der Waals surface area contributed by atoms with E-state index in [4.69, 9.17) is 0 Å². The molecule has 0 spiro atoms. The average Bonchev–Trinajstić information content (AvgIpc) is 2.91. The summed E-state index contributed by atoms with van der Waals surface area (Å²) in [5, 5.41) is 3.61. The lowest BCUT2D eigenvalue weighted by atomic mass is 9.85. The minimum atomic E-state index is 0. The van der Waals surface area contributed by atoms with E-state index in [0.29, 0.717) is 17.4 Å². The predicted molar refractivity (Wildman–Crippen MR) is 79.5 cm³/mol. The molecule has 110 valence electrons. The zero-order valence-corrected chi connectivity index (χ0v) is 13.0. The van der Waals surface area contributed by atoms with Crippen molar-refractivity contribution in [1.29, 1.82) is 0 Å². The molecule has 19 heavy (non-hydrogen) atoms. The molecule has 0 bridgehead atoms. The van der Waals surface area contributed by atoms with Gasteiger partial charge in [0.15, 0.2) is 0 Å². The van der Waals surface area contributed by atoms with Crippen LogP contribution in [0, 0.1) is 11.3 Å². The Balaban J connectivity index is 0.00000133. The third kappa shape index (κ3) is 3.08. The Kier molecular flexibility index (Phi) is 4.46. The maximum Gasteiger partial charge on any atom is 0.239 e. The predicted octanol–water partition coefficient (Wildman–Crippen LogP) is 2.59. The molecule has 3 unspecified atom stereocenters. The van der Waals surface area contributed by atoms with Gasteiger partial charge in [-0.05, 0) is 37.0 Å². The number of carbonyl (C=O) groups excluding carboxylic acids is 1. The fourth-order valence-electron chi connectivity index (χ4n) is 4.03. The molecule has 1 amide bonds. The van der Waals surface area contributed by atoms with E-state index in [-0.39, 0.29) is 18.4 Å². The number of nitrogens with zero attached hydrogens (tertiary/aromatic N) is 1. The largest absolute Gasteiger partial charge is 0.341 e. The van der Waals surface area contributed by atoms with E-state index in [1.54, 1.807) is 0 Å². The van der Waals surface area contributed by atoms with Crippen molar-refractivity contribution < 1.29 is 4.79 Å². The summed E-state index contributed by atoms with van der Waals surface area (Å²) < 4.78 is 0. The van der Waals surface area contributed by atoms with E-state index in [1.165, 1.54) is 25.7 Å². The van der Waals surface area contributed by atoms with Crippen LogP contribution in [-0.2, 0) is 4.79 Å². The summed E-state index contributed by atoms with van der Waals surface area (Å²) in [4.78, 5) is 14.6. The summed E-state index contributed by atoms with van der Waals surface area (Å²) in [7, 11) is 0. The number of rotatable bonds is 1. The maximum absolute atomic E-state index is 12.5. The topological polar surface area (TPSA) is 32.3 Å². The number of hydrogen-bond donors (Lipinski definition) is 1. The normalized spacial score (nSPS) is 36.7. The van der Waals surface area contributed by atoms with Crippen LogP contribution in [0.2, 0.25) is 0 Å². The fourth-order valence-corrected chi connectivity index (χ4v) is 4.03. The quantitative estimate of drug-likeness (QED) is 0.804. The fraction of sp³-hybridized carbons (Fsp3) is 0.933. The highest BCUT2D eigenvalue weighted by molar-refractivity contribution is 5.85. The number of likely N-dealkylation sites (tertiary alicyclic amines) is 1. The molecule has 3 fully saturated rings. The van der Waals surface area contributed by atoms with E-state index in [0.717, 1.165) is 31.8 Å². The van der Waals surface area contributed by atoms with Crippen LogP contribution in [-0.4, -0.2) is 36.0 Å². The first-order valence-corrected chi connectivity index (χ1v) is 7.60. The van der Waals surface area contributed by atoms with Crippen LogP contribution < -0.4 is 5.32 Å². The van der Waals surface area contributed by atoms with Crippen LogP contribution in [0.4, 0.5) is 0 Å². The highest BCUT2D eigenvalue weighted by Gasteiger charge is 2.41. The Morgan fingerprint density at radius 2 is 2.00 bits per heavy atom. The van der Waals surface area contributed by atoms with Gasteiger partial charge in [-0.25, -0.2) is 0 Å². The number of hydrogen-bond acceptors (Lipinski definition) is 2. The molecule has 0 aromatic rings. The minimum absolute atomic E-state index is 0. The Bertz CT molecular complexity index is 331. The highest BCUT2D eigenvalue weighted by atomic mass is 35.5. The van der Waals surface area contributed by atoms with Gasteiger partial charge in [0.2, 0.25) is 5.91 Å². The molecule has 4 heteroatoms. The van der Waals surface area contributed by atoms with E-state index >= 15 is 0 Å². The molecule has 1 aliphatic carbocycles. The van der Waals surface area contributed by atoms with Gasteiger partial charge in [-0.2, -0.15) is 0 Å². The van der Waals surface area contributed by atoms with Crippen LogP contribution in [0.3, 0.4) is 0 Å². The molecule has 1 saturated carbocycles. The van der Waals surface area contributed by atoms with Crippen molar-refractivity contribution in [2.75, 3.05) is 13.1 Å². The summed E-state index contributed by atoms with van der Waals surface area (Å²) in [5.41, 5.74) is 0.320. The Labute approximate surface area is 122 Å². The van der Waals surface area contributed by atoms with Gasteiger partial charge >= 0.3 is 0 Å². The average molecular weight is 287 g/mol. The van der Waals surface area contributed by atoms with Crippen molar-refractivity contribution in [3.05, 3.63) is 0 Å². The second kappa shape index (κ2) is 5.61. The van der Waals surface area contributed by atoms with E-state index in [1.807, 2.05) is 0 Å². The van der Waals surface area contributed by atoms with Gasteiger partial charge in [0.1, 0.15) is 0 Å². The van der Waals surface area contributed by atoms with Crippen molar-refractivity contribution in [3.63, 3.8) is 0 Å². The highest BCUT2D eigenvalue weighted by Crippen LogP contribution is 2.35. The summed E-state index contributed by atoms with van der Waals surface area (Å²) in [6.45, 7) is 6.43. The molecule has 3 atom stereocenters. The monoisotopic (exact) mass is 286 g/mol. The molecule has 3 aliphatic rings. The first-order chi connectivity index (χ1) is 8.55. The smallest absolute Gasteiger partial charge is 0.239 e. The Hall–Kier alpha value is -0.280. The second-order valence-electron chi connectivity index (χ2n) is 7.28. The Morgan fingerprint density at radius 1 is 1.26 bits per heavy atom. The zero-order chi connectivity index (χ0) is 12.8. The van der Waals surface area contributed by atoms with Crippen molar-refractivity contribution in [1.82, 2.24) is 10.2 Å². The Morgan fingerprint density at radius 3 is 2.63 bits per heavy atom. The maximum atomic E-state index is 12.5. The van der Waals surface area contributed by atoms with Gasteiger partial charge in [-0.3, -0.25) is 4.79 Å². The van der Waals surface area contributed by atoms with Gasteiger partial charge in [-0.1, -0.05) is 26.7 Å².